The highest BCUT2D eigenvalue weighted by Gasteiger charge is 2.23. The van der Waals surface area contributed by atoms with Crippen LogP contribution in [0.25, 0.3) is 0 Å². The van der Waals surface area contributed by atoms with Gasteiger partial charge in [0.2, 0.25) is 0 Å². The molecule has 0 heterocycles. The summed E-state index contributed by atoms with van der Waals surface area (Å²) in [5, 5.41) is 9.33. The van der Waals surface area contributed by atoms with Gasteiger partial charge in [-0.15, -0.1) is 0 Å². The molecule has 0 saturated carbocycles. The maximum atomic E-state index is 12.5. The van der Waals surface area contributed by atoms with Gasteiger partial charge in [0, 0.05) is 4.47 Å². The van der Waals surface area contributed by atoms with Crippen molar-refractivity contribution in [1.29, 1.82) is 0 Å². The molecule has 0 bridgehead atoms. The Hall–Kier alpha value is -1.57. The van der Waals surface area contributed by atoms with E-state index in [-0.39, 0.29) is 21.2 Å². The number of aromatic carboxylic acids is 1. The van der Waals surface area contributed by atoms with Gasteiger partial charge in [0.05, 0.1) is 16.3 Å². The van der Waals surface area contributed by atoms with Crippen molar-refractivity contribution in [2.75, 3.05) is 4.72 Å². The Morgan fingerprint density at radius 2 is 1.86 bits per heavy atom. The number of sulfonamides is 1. The Morgan fingerprint density at radius 3 is 2.50 bits per heavy atom. The molecule has 0 aliphatic heterocycles. The lowest BCUT2D eigenvalue weighted by molar-refractivity contribution is 0.0692. The average Bonchev–Trinajstić information content (AvgIpc) is 2.47. The first-order chi connectivity index (χ1) is 10.2. The molecule has 0 aromatic heterocycles. The highest BCUT2D eigenvalue weighted by atomic mass is 79.9. The van der Waals surface area contributed by atoms with E-state index in [1.165, 1.54) is 24.3 Å². The first-order valence-electron chi connectivity index (χ1n) is 6.04. The number of halogens is 2. The molecule has 0 spiro atoms. The largest absolute Gasteiger partial charge is 0.478 e. The summed E-state index contributed by atoms with van der Waals surface area (Å²) in [5.41, 5.74) is 0.514. The van der Waals surface area contributed by atoms with E-state index in [0.29, 0.717) is 10.0 Å². The van der Waals surface area contributed by atoms with Crippen molar-refractivity contribution in [2.45, 2.75) is 11.8 Å². The van der Waals surface area contributed by atoms with Crippen LogP contribution in [0.15, 0.2) is 45.8 Å². The van der Waals surface area contributed by atoms with Gasteiger partial charge in [-0.05, 0) is 46.6 Å². The van der Waals surface area contributed by atoms with E-state index >= 15 is 0 Å². The molecule has 5 nitrogen and oxygen atoms in total. The Balaban J connectivity index is 2.55. The Labute approximate surface area is 141 Å². The maximum absolute atomic E-state index is 12.5. The molecular formula is C14H11BrClNO4S. The van der Waals surface area contributed by atoms with Crippen LogP contribution in [-0.2, 0) is 10.0 Å². The van der Waals surface area contributed by atoms with Crippen LogP contribution < -0.4 is 4.72 Å². The monoisotopic (exact) mass is 403 g/mol. The predicted octanol–water partition coefficient (Wildman–Crippen LogP) is 3.91. The molecule has 116 valence electrons. The number of benzene rings is 2. The number of aryl methyl sites for hydroxylation is 1. The van der Waals surface area contributed by atoms with Gasteiger partial charge in [-0.3, -0.25) is 4.72 Å². The highest BCUT2D eigenvalue weighted by molar-refractivity contribution is 9.10. The van der Waals surface area contributed by atoms with Crippen LogP contribution in [0, 0.1) is 6.92 Å². The van der Waals surface area contributed by atoms with Crippen LogP contribution in [0.5, 0.6) is 0 Å². The average molecular weight is 405 g/mol. The molecule has 0 aliphatic rings. The summed E-state index contributed by atoms with van der Waals surface area (Å²) in [6, 6.07) is 8.76. The third kappa shape index (κ3) is 3.26. The van der Waals surface area contributed by atoms with Crippen LogP contribution >= 0.6 is 27.5 Å². The zero-order valence-electron chi connectivity index (χ0n) is 11.3. The summed E-state index contributed by atoms with van der Waals surface area (Å²) in [7, 11) is -4.09. The van der Waals surface area contributed by atoms with Gasteiger partial charge in [-0.2, -0.15) is 0 Å². The molecular weight excluding hydrogens is 394 g/mol. The molecule has 2 aromatic rings. The molecule has 0 radical (unpaired) electrons. The standard InChI is InChI=1S/C14H11BrClNO4S/c1-8-6-7-10(15)12(16)13(8)17-22(20,21)11-5-3-2-4-9(11)14(18)19/h2-7,17H,1H3,(H,18,19). The number of carboxylic acid groups (broad SMARTS) is 1. The normalized spacial score (nSPS) is 11.2. The Morgan fingerprint density at radius 1 is 1.23 bits per heavy atom. The Kier molecular flexibility index (Phi) is 4.79. The number of carbonyl (C=O) groups is 1. The number of nitrogens with one attached hydrogen (secondary N) is 1. The fraction of sp³-hybridized carbons (Fsp3) is 0.0714. The van der Waals surface area contributed by atoms with Crippen LogP contribution in [0.3, 0.4) is 0 Å². The van der Waals surface area contributed by atoms with Gasteiger partial charge in [-0.25, -0.2) is 13.2 Å². The second-order valence-corrected chi connectivity index (χ2v) is 7.34. The summed E-state index contributed by atoms with van der Waals surface area (Å²) < 4.78 is 27.9. The lowest BCUT2D eigenvalue weighted by Gasteiger charge is -2.14. The summed E-state index contributed by atoms with van der Waals surface area (Å²) in [6.45, 7) is 1.69. The number of carboxylic acids is 1. The zero-order chi connectivity index (χ0) is 16.5. The molecule has 0 atom stereocenters. The predicted molar refractivity (Wildman–Crippen MR) is 88.1 cm³/mol. The number of hydrogen-bond acceptors (Lipinski definition) is 3. The minimum Gasteiger partial charge on any atom is -0.478 e. The first kappa shape index (κ1) is 16.8. The molecule has 22 heavy (non-hydrogen) atoms. The van der Waals surface area contributed by atoms with Crippen molar-refractivity contribution < 1.29 is 18.3 Å². The smallest absolute Gasteiger partial charge is 0.337 e. The van der Waals surface area contributed by atoms with E-state index in [1.54, 1.807) is 19.1 Å². The van der Waals surface area contributed by atoms with Crippen LogP contribution in [0.1, 0.15) is 15.9 Å². The van der Waals surface area contributed by atoms with Crippen molar-refractivity contribution >= 4 is 49.2 Å². The van der Waals surface area contributed by atoms with Gasteiger partial charge in [0.15, 0.2) is 0 Å². The minimum absolute atomic E-state index is 0.205. The quantitative estimate of drug-likeness (QED) is 0.809. The molecule has 0 aliphatic carbocycles. The number of anilines is 1. The third-order valence-electron chi connectivity index (χ3n) is 2.95. The molecule has 2 N–H and O–H groups in total. The van der Waals surface area contributed by atoms with Crippen LogP contribution in [0.2, 0.25) is 5.02 Å². The fourth-order valence-electron chi connectivity index (χ4n) is 1.84. The zero-order valence-corrected chi connectivity index (χ0v) is 14.5. The lowest BCUT2D eigenvalue weighted by Crippen LogP contribution is -2.17. The molecule has 2 aromatic carbocycles. The van der Waals surface area contributed by atoms with Gasteiger partial charge in [0.25, 0.3) is 10.0 Å². The van der Waals surface area contributed by atoms with E-state index in [0.717, 1.165) is 0 Å². The van der Waals surface area contributed by atoms with E-state index in [9.17, 15) is 13.2 Å². The molecule has 8 heteroatoms. The SMILES string of the molecule is Cc1ccc(Br)c(Cl)c1NS(=O)(=O)c1ccccc1C(=O)O. The van der Waals surface area contributed by atoms with Crippen molar-refractivity contribution in [3.05, 3.63) is 57.0 Å². The number of hydrogen-bond donors (Lipinski definition) is 2. The van der Waals surface area contributed by atoms with E-state index in [1.807, 2.05) is 0 Å². The van der Waals surface area contributed by atoms with Gasteiger partial charge < -0.3 is 5.11 Å². The van der Waals surface area contributed by atoms with E-state index in [2.05, 4.69) is 20.7 Å². The summed E-state index contributed by atoms with van der Waals surface area (Å²) in [4.78, 5) is 10.9. The Bertz CT molecular complexity index is 852. The summed E-state index contributed by atoms with van der Waals surface area (Å²) >= 11 is 9.33. The molecule has 0 unspecified atom stereocenters. The second-order valence-electron chi connectivity index (χ2n) is 4.46. The summed E-state index contributed by atoms with van der Waals surface area (Å²) in [5.74, 6) is -1.32. The van der Waals surface area contributed by atoms with Crippen LogP contribution in [0.4, 0.5) is 5.69 Å². The number of rotatable bonds is 4. The van der Waals surface area contributed by atoms with Crippen molar-refractivity contribution in [3.63, 3.8) is 0 Å². The van der Waals surface area contributed by atoms with Crippen molar-refractivity contribution in [2.24, 2.45) is 0 Å². The highest BCUT2D eigenvalue weighted by Crippen LogP contribution is 2.34. The maximum Gasteiger partial charge on any atom is 0.337 e. The van der Waals surface area contributed by atoms with E-state index < -0.39 is 16.0 Å². The molecule has 0 amide bonds. The van der Waals surface area contributed by atoms with E-state index in [4.69, 9.17) is 16.7 Å². The van der Waals surface area contributed by atoms with Gasteiger partial charge in [0.1, 0.15) is 4.90 Å². The van der Waals surface area contributed by atoms with Crippen molar-refractivity contribution in [1.82, 2.24) is 0 Å². The third-order valence-corrected chi connectivity index (χ3v) is 5.64. The molecule has 0 fully saturated rings. The minimum atomic E-state index is -4.09. The second kappa shape index (κ2) is 6.28. The molecule has 2 rings (SSSR count). The topological polar surface area (TPSA) is 83.5 Å². The first-order valence-corrected chi connectivity index (χ1v) is 8.69. The van der Waals surface area contributed by atoms with Gasteiger partial charge >= 0.3 is 5.97 Å². The lowest BCUT2D eigenvalue weighted by atomic mass is 10.2. The molecule has 0 saturated heterocycles. The van der Waals surface area contributed by atoms with Crippen LogP contribution in [-0.4, -0.2) is 19.5 Å². The van der Waals surface area contributed by atoms with Gasteiger partial charge in [-0.1, -0.05) is 29.8 Å². The van der Waals surface area contributed by atoms with Crippen molar-refractivity contribution in [3.8, 4) is 0 Å². The fourth-order valence-corrected chi connectivity index (χ4v) is 3.83. The summed E-state index contributed by atoms with van der Waals surface area (Å²) in [6.07, 6.45) is 0.